The van der Waals surface area contributed by atoms with E-state index in [1.54, 1.807) is 37.5 Å². The van der Waals surface area contributed by atoms with Gasteiger partial charge in [-0.3, -0.25) is 14.5 Å². The minimum atomic E-state index is -0.341. The first-order chi connectivity index (χ1) is 16.9. The standard InChI is InChI=1S/C27H24ClNO5S/c1-18-3-10-22(11-4-18)33-14-13-29-26(30)25(35-27(29)31)16-20-7-12-23(32-2)24(15-20)34-17-19-5-8-21(28)9-6-19/h3-12,15-16H,13-14,17H2,1-2H3/b25-16-. The van der Waals surface area contributed by atoms with Crippen molar-refractivity contribution in [1.29, 1.82) is 0 Å². The van der Waals surface area contributed by atoms with Gasteiger partial charge in [-0.1, -0.05) is 47.5 Å². The van der Waals surface area contributed by atoms with Gasteiger partial charge in [0, 0.05) is 5.02 Å². The molecule has 0 saturated carbocycles. The number of rotatable bonds is 9. The molecule has 1 heterocycles. The second-order valence-corrected chi connectivity index (χ2v) is 9.25. The van der Waals surface area contributed by atoms with Crippen LogP contribution in [0.15, 0.2) is 71.6 Å². The Labute approximate surface area is 213 Å². The van der Waals surface area contributed by atoms with Gasteiger partial charge in [-0.25, -0.2) is 0 Å². The highest BCUT2D eigenvalue weighted by Crippen LogP contribution is 2.34. The van der Waals surface area contributed by atoms with Crippen molar-refractivity contribution in [3.05, 3.63) is 93.3 Å². The lowest BCUT2D eigenvalue weighted by Crippen LogP contribution is -2.32. The second kappa shape index (κ2) is 11.3. The van der Waals surface area contributed by atoms with Crippen LogP contribution in [-0.4, -0.2) is 36.3 Å². The van der Waals surface area contributed by atoms with Crippen molar-refractivity contribution in [3.8, 4) is 17.2 Å². The minimum absolute atomic E-state index is 0.175. The topological polar surface area (TPSA) is 65.1 Å². The average molecular weight is 510 g/mol. The first-order valence-electron chi connectivity index (χ1n) is 10.9. The molecule has 0 atom stereocenters. The largest absolute Gasteiger partial charge is 0.493 e. The van der Waals surface area contributed by atoms with E-state index in [9.17, 15) is 9.59 Å². The Hall–Kier alpha value is -3.42. The molecule has 0 N–H and O–H groups in total. The van der Waals surface area contributed by atoms with Crippen LogP contribution in [0.3, 0.4) is 0 Å². The monoisotopic (exact) mass is 509 g/mol. The molecular formula is C27H24ClNO5S. The molecule has 0 spiro atoms. The van der Waals surface area contributed by atoms with Crippen molar-refractivity contribution in [2.75, 3.05) is 20.3 Å². The number of thioether (sulfide) groups is 1. The Morgan fingerprint density at radius 1 is 0.943 bits per heavy atom. The summed E-state index contributed by atoms with van der Waals surface area (Å²) < 4.78 is 17.0. The van der Waals surface area contributed by atoms with Gasteiger partial charge in [-0.05, 0) is 72.3 Å². The van der Waals surface area contributed by atoms with Gasteiger partial charge in [-0.15, -0.1) is 0 Å². The van der Waals surface area contributed by atoms with Crippen LogP contribution in [-0.2, 0) is 11.4 Å². The number of nitrogens with zero attached hydrogens (tertiary/aromatic N) is 1. The van der Waals surface area contributed by atoms with Gasteiger partial charge < -0.3 is 14.2 Å². The van der Waals surface area contributed by atoms with Crippen LogP contribution in [0.5, 0.6) is 17.2 Å². The summed E-state index contributed by atoms with van der Waals surface area (Å²) in [5, 5.41) is 0.338. The molecule has 3 aromatic carbocycles. The molecule has 0 aromatic heterocycles. The molecular weight excluding hydrogens is 486 g/mol. The lowest BCUT2D eigenvalue weighted by atomic mass is 10.1. The summed E-state index contributed by atoms with van der Waals surface area (Å²) in [6.45, 7) is 2.72. The molecule has 6 nitrogen and oxygen atoms in total. The number of halogens is 1. The highest BCUT2D eigenvalue weighted by molar-refractivity contribution is 8.18. The highest BCUT2D eigenvalue weighted by Gasteiger charge is 2.34. The maximum absolute atomic E-state index is 12.8. The lowest BCUT2D eigenvalue weighted by Gasteiger charge is -2.13. The van der Waals surface area contributed by atoms with E-state index in [2.05, 4.69) is 0 Å². The van der Waals surface area contributed by atoms with Crippen LogP contribution in [0.1, 0.15) is 16.7 Å². The summed E-state index contributed by atoms with van der Waals surface area (Å²) in [5.74, 6) is 1.45. The number of carbonyl (C=O) groups is 2. The first kappa shape index (κ1) is 24.7. The number of hydrogen-bond donors (Lipinski definition) is 0. The number of ether oxygens (including phenoxy) is 3. The van der Waals surface area contributed by atoms with E-state index in [4.69, 9.17) is 25.8 Å². The van der Waals surface area contributed by atoms with Crippen molar-refractivity contribution >= 4 is 40.6 Å². The van der Waals surface area contributed by atoms with Gasteiger partial charge in [0.2, 0.25) is 0 Å². The molecule has 0 aliphatic carbocycles. The third kappa shape index (κ3) is 6.38. The Balaban J connectivity index is 1.41. The Kier molecular flexibility index (Phi) is 8.00. The van der Waals surface area contributed by atoms with E-state index in [1.165, 1.54) is 4.90 Å². The Morgan fingerprint density at radius 2 is 1.69 bits per heavy atom. The molecule has 4 rings (SSSR count). The van der Waals surface area contributed by atoms with E-state index in [0.717, 1.165) is 28.5 Å². The van der Waals surface area contributed by atoms with Gasteiger partial charge in [0.05, 0.1) is 18.6 Å². The molecule has 2 amide bonds. The quantitative estimate of drug-likeness (QED) is 0.313. The van der Waals surface area contributed by atoms with Crippen molar-refractivity contribution in [2.24, 2.45) is 0 Å². The number of amides is 2. The van der Waals surface area contributed by atoms with Crippen LogP contribution in [0.4, 0.5) is 4.79 Å². The van der Waals surface area contributed by atoms with E-state index < -0.39 is 0 Å². The average Bonchev–Trinajstić information content (AvgIpc) is 3.12. The summed E-state index contributed by atoms with van der Waals surface area (Å²) in [6, 6.07) is 20.3. The zero-order chi connectivity index (χ0) is 24.8. The summed E-state index contributed by atoms with van der Waals surface area (Å²) in [5.41, 5.74) is 2.81. The molecule has 35 heavy (non-hydrogen) atoms. The number of aryl methyl sites for hydroxylation is 1. The van der Waals surface area contributed by atoms with Gasteiger partial charge in [-0.2, -0.15) is 0 Å². The molecule has 180 valence electrons. The maximum atomic E-state index is 12.8. The summed E-state index contributed by atoms with van der Waals surface area (Å²) in [7, 11) is 1.56. The second-order valence-electron chi connectivity index (χ2n) is 7.82. The fourth-order valence-electron chi connectivity index (χ4n) is 3.37. The van der Waals surface area contributed by atoms with E-state index >= 15 is 0 Å². The van der Waals surface area contributed by atoms with Crippen LogP contribution in [0.2, 0.25) is 5.02 Å². The van der Waals surface area contributed by atoms with E-state index in [0.29, 0.717) is 33.8 Å². The van der Waals surface area contributed by atoms with Crippen LogP contribution < -0.4 is 14.2 Å². The summed E-state index contributed by atoms with van der Waals surface area (Å²) >= 11 is 6.85. The molecule has 1 saturated heterocycles. The fraction of sp³-hybridized carbons (Fsp3) is 0.185. The fourth-order valence-corrected chi connectivity index (χ4v) is 4.36. The maximum Gasteiger partial charge on any atom is 0.293 e. The SMILES string of the molecule is COc1ccc(/C=C2\SC(=O)N(CCOc3ccc(C)cc3)C2=O)cc1OCc1ccc(Cl)cc1. The predicted molar refractivity (Wildman–Crippen MR) is 138 cm³/mol. The van der Waals surface area contributed by atoms with Gasteiger partial charge in [0.15, 0.2) is 11.5 Å². The smallest absolute Gasteiger partial charge is 0.293 e. The van der Waals surface area contributed by atoms with Gasteiger partial charge in [0.1, 0.15) is 19.0 Å². The summed E-state index contributed by atoms with van der Waals surface area (Å²) in [6.07, 6.45) is 1.68. The Morgan fingerprint density at radius 3 is 2.40 bits per heavy atom. The Bertz CT molecular complexity index is 1240. The predicted octanol–water partition coefficient (Wildman–Crippen LogP) is 6.35. The highest BCUT2D eigenvalue weighted by atomic mass is 35.5. The molecule has 0 radical (unpaired) electrons. The zero-order valence-electron chi connectivity index (χ0n) is 19.3. The van der Waals surface area contributed by atoms with Crippen molar-refractivity contribution in [2.45, 2.75) is 13.5 Å². The van der Waals surface area contributed by atoms with E-state index in [-0.39, 0.29) is 24.3 Å². The van der Waals surface area contributed by atoms with E-state index in [1.807, 2.05) is 49.4 Å². The van der Waals surface area contributed by atoms with Crippen molar-refractivity contribution < 1.29 is 23.8 Å². The third-order valence-electron chi connectivity index (χ3n) is 5.27. The normalized spacial score (nSPS) is 14.5. The van der Waals surface area contributed by atoms with Crippen molar-refractivity contribution in [3.63, 3.8) is 0 Å². The molecule has 1 fully saturated rings. The molecule has 8 heteroatoms. The number of methoxy groups -OCH3 is 1. The zero-order valence-corrected chi connectivity index (χ0v) is 20.9. The number of carbonyl (C=O) groups excluding carboxylic acids is 2. The molecule has 0 unspecified atom stereocenters. The summed E-state index contributed by atoms with van der Waals surface area (Å²) in [4.78, 5) is 26.8. The number of hydrogen-bond acceptors (Lipinski definition) is 6. The van der Waals surface area contributed by atoms with Crippen molar-refractivity contribution in [1.82, 2.24) is 4.90 Å². The molecule has 3 aromatic rings. The van der Waals surface area contributed by atoms with Crippen LogP contribution in [0.25, 0.3) is 6.08 Å². The lowest BCUT2D eigenvalue weighted by molar-refractivity contribution is -0.123. The van der Waals surface area contributed by atoms with Crippen LogP contribution >= 0.6 is 23.4 Å². The first-order valence-corrected chi connectivity index (χ1v) is 12.1. The molecule has 0 bridgehead atoms. The van der Waals surface area contributed by atoms with Crippen LogP contribution in [0, 0.1) is 6.92 Å². The molecule has 1 aliphatic heterocycles. The minimum Gasteiger partial charge on any atom is -0.493 e. The third-order valence-corrected chi connectivity index (χ3v) is 6.43. The number of benzene rings is 3. The number of imide groups is 1. The van der Waals surface area contributed by atoms with Gasteiger partial charge in [0.25, 0.3) is 11.1 Å². The molecule has 1 aliphatic rings. The van der Waals surface area contributed by atoms with Gasteiger partial charge >= 0.3 is 0 Å².